The topological polar surface area (TPSA) is 49.9 Å². The van der Waals surface area contributed by atoms with Crippen LogP contribution in [0.4, 0.5) is 10.1 Å². The van der Waals surface area contributed by atoms with E-state index in [1.807, 2.05) is 12.1 Å². The smallest absolute Gasteiger partial charge is 0.339 e. The highest BCUT2D eigenvalue weighted by atomic mass is 19.1. The van der Waals surface area contributed by atoms with Crippen LogP contribution >= 0.6 is 0 Å². The summed E-state index contributed by atoms with van der Waals surface area (Å²) in [6.45, 7) is 2.58. The van der Waals surface area contributed by atoms with Crippen molar-refractivity contribution >= 4 is 17.6 Å². The summed E-state index contributed by atoms with van der Waals surface area (Å²) >= 11 is 0. The Hall–Kier alpha value is -2.89. The van der Waals surface area contributed by atoms with Crippen molar-refractivity contribution in [3.8, 4) is 0 Å². The average molecular weight is 354 g/mol. The van der Waals surface area contributed by atoms with Gasteiger partial charge in [0.25, 0.3) is 0 Å². The third-order valence-corrected chi connectivity index (χ3v) is 4.96. The highest BCUT2D eigenvalue weighted by Crippen LogP contribution is 2.33. The minimum absolute atomic E-state index is 0.0155. The maximum Gasteiger partial charge on any atom is 0.339 e. The highest BCUT2D eigenvalue weighted by Gasteiger charge is 2.33. The first-order valence-electron chi connectivity index (χ1n) is 8.70. The third-order valence-electron chi connectivity index (χ3n) is 4.96. The Morgan fingerprint density at radius 1 is 1.04 bits per heavy atom. The van der Waals surface area contributed by atoms with E-state index in [1.54, 1.807) is 29.2 Å². The first-order valence-corrected chi connectivity index (χ1v) is 8.70. The SMILES string of the molecule is O=C1OC(CC(=O)N2CCN(c3ccc(F)cc3)CC2)c2ccccc21. The zero-order chi connectivity index (χ0) is 18.1. The van der Waals surface area contributed by atoms with Crippen LogP contribution in [0.2, 0.25) is 0 Å². The molecule has 2 aromatic carbocycles. The van der Waals surface area contributed by atoms with Crippen LogP contribution in [0.1, 0.15) is 28.4 Å². The minimum atomic E-state index is -0.499. The first-order chi connectivity index (χ1) is 12.6. The quantitative estimate of drug-likeness (QED) is 0.796. The van der Waals surface area contributed by atoms with Crippen LogP contribution in [0.3, 0.4) is 0 Å². The van der Waals surface area contributed by atoms with Crippen molar-refractivity contribution in [3.05, 3.63) is 65.5 Å². The van der Waals surface area contributed by atoms with E-state index in [4.69, 9.17) is 4.74 Å². The number of ether oxygens (including phenoxy) is 1. The van der Waals surface area contributed by atoms with Gasteiger partial charge in [-0.3, -0.25) is 4.79 Å². The van der Waals surface area contributed by atoms with Crippen LogP contribution < -0.4 is 4.90 Å². The lowest BCUT2D eigenvalue weighted by molar-refractivity contribution is -0.133. The number of nitrogens with zero attached hydrogens (tertiary/aromatic N) is 2. The molecule has 2 aliphatic heterocycles. The molecule has 1 amide bonds. The number of benzene rings is 2. The Bertz CT molecular complexity index is 829. The molecule has 1 unspecified atom stereocenters. The van der Waals surface area contributed by atoms with Gasteiger partial charge in [-0.05, 0) is 30.3 Å². The number of piperazine rings is 1. The second kappa shape index (κ2) is 6.78. The number of hydrogen-bond donors (Lipinski definition) is 0. The van der Waals surface area contributed by atoms with Crippen molar-refractivity contribution in [2.75, 3.05) is 31.1 Å². The molecule has 0 spiro atoms. The number of carbonyl (C=O) groups is 2. The summed E-state index contributed by atoms with van der Waals surface area (Å²) in [7, 11) is 0. The second-order valence-corrected chi connectivity index (χ2v) is 6.53. The molecular formula is C20H19FN2O3. The van der Waals surface area contributed by atoms with Gasteiger partial charge in [-0.2, -0.15) is 0 Å². The summed E-state index contributed by atoms with van der Waals surface area (Å²) in [6, 6.07) is 13.6. The molecule has 4 rings (SSSR count). The van der Waals surface area contributed by atoms with Crippen molar-refractivity contribution in [1.82, 2.24) is 4.90 Å². The van der Waals surface area contributed by atoms with E-state index >= 15 is 0 Å². The highest BCUT2D eigenvalue weighted by molar-refractivity contribution is 5.94. The Balaban J connectivity index is 1.36. The molecule has 0 radical (unpaired) electrons. The Morgan fingerprint density at radius 3 is 2.46 bits per heavy atom. The molecule has 134 valence electrons. The molecule has 1 fully saturated rings. The lowest BCUT2D eigenvalue weighted by atomic mass is 10.0. The van der Waals surface area contributed by atoms with Crippen molar-refractivity contribution in [2.24, 2.45) is 0 Å². The van der Waals surface area contributed by atoms with Gasteiger partial charge in [-0.15, -0.1) is 0 Å². The van der Waals surface area contributed by atoms with E-state index in [-0.39, 0.29) is 24.1 Å². The van der Waals surface area contributed by atoms with Crippen molar-refractivity contribution in [1.29, 1.82) is 0 Å². The fraction of sp³-hybridized carbons (Fsp3) is 0.300. The fourth-order valence-electron chi connectivity index (χ4n) is 3.53. The minimum Gasteiger partial charge on any atom is -0.453 e. The van der Waals surface area contributed by atoms with Crippen LogP contribution in [0.15, 0.2) is 48.5 Å². The molecule has 2 heterocycles. The predicted octanol–water partition coefficient (Wildman–Crippen LogP) is 2.78. The van der Waals surface area contributed by atoms with Gasteiger partial charge in [0.15, 0.2) is 0 Å². The van der Waals surface area contributed by atoms with Crippen LogP contribution in [0, 0.1) is 5.82 Å². The van der Waals surface area contributed by atoms with Crippen molar-refractivity contribution < 1.29 is 18.7 Å². The van der Waals surface area contributed by atoms with E-state index < -0.39 is 6.10 Å². The van der Waals surface area contributed by atoms with E-state index in [2.05, 4.69) is 4.90 Å². The number of fused-ring (bicyclic) bond motifs is 1. The van der Waals surface area contributed by atoms with Crippen LogP contribution in [0.5, 0.6) is 0 Å². The van der Waals surface area contributed by atoms with E-state index in [1.165, 1.54) is 12.1 Å². The number of halogens is 1. The molecule has 0 aromatic heterocycles. The molecule has 0 N–H and O–H groups in total. The number of esters is 1. The van der Waals surface area contributed by atoms with Crippen molar-refractivity contribution in [2.45, 2.75) is 12.5 Å². The van der Waals surface area contributed by atoms with Gasteiger partial charge < -0.3 is 14.5 Å². The Kier molecular flexibility index (Phi) is 4.32. The summed E-state index contributed by atoms with van der Waals surface area (Å²) in [5.74, 6) is -0.633. The second-order valence-electron chi connectivity index (χ2n) is 6.53. The van der Waals surface area contributed by atoms with E-state index in [0.29, 0.717) is 31.7 Å². The summed E-state index contributed by atoms with van der Waals surface area (Å²) in [6.07, 6.45) is -0.333. The summed E-state index contributed by atoms with van der Waals surface area (Å²) in [5.41, 5.74) is 2.29. The number of hydrogen-bond acceptors (Lipinski definition) is 4. The number of anilines is 1. The lowest BCUT2D eigenvalue weighted by Gasteiger charge is -2.36. The molecule has 5 nitrogen and oxygen atoms in total. The predicted molar refractivity (Wildman–Crippen MR) is 94.4 cm³/mol. The zero-order valence-electron chi connectivity index (χ0n) is 14.2. The molecular weight excluding hydrogens is 335 g/mol. The van der Waals surface area contributed by atoms with E-state index in [9.17, 15) is 14.0 Å². The number of cyclic esters (lactones) is 1. The van der Waals surface area contributed by atoms with Gasteiger partial charge in [0, 0.05) is 37.4 Å². The number of carbonyl (C=O) groups excluding carboxylic acids is 2. The van der Waals surface area contributed by atoms with Crippen LogP contribution in [0.25, 0.3) is 0 Å². The monoisotopic (exact) mass is 354 g/mol. The van der Waals surface area contributed by atoms with Gasteiger partial charge in [-0.25, -0.2) is 9.18 Å². The molecule has 1 atom stereocenters. The molecule has 1 saturated heterocycles. The fourth-order valence-corrected chi connectivity index (χ4v) is 3.53. The molecule has 6 heteroatoms. The summed E-state index contributed by atoms with van der Waals surface area (Å²) < 4.78 is 18.4. The first kappa shape index (κ1) is 16.6. The molecule has 2 aliphatic rings. The molecule has 0 saturated carbocycles. The van der Waals surface area contributed by atoms with Gasteiger partial charge in [0.2, 0.25) is 5.91 Å². The standard InChI is InChI=1S/C20H19FN2O3/c21-14-5-7-15(8-6-14)22-9-11-23(12-10-22)19(24)13-18-16-3-1-2-4-17(16)20(25)26-18/h1-8,18H,9-13H2. The van der Waals surface area contributed by atoms with E-state index in [0.717, 1.165) is 11.3 Å². The van der Waals surface area contributed by atoms with Gasteiger partial charge in [0.05, 0.1) is 12.0 Å². The van der Waals surface area contributed by atoms with Crippen LogP contribution in [-0.4, -0.2) is 43.0 Å². The maximum atomic E-state index is 13.0. The normalized spacial score (nSPS) is 19.3. The van der Waals surface area contributed by atoms with Crippen molar-refractivity contribution in [3.63, 3.8) is 0 Å². The zero-order valence-corrected chi connectivity index (χ0v) is 14.2. The number of amides is 1. The average Bonchev–Trinajstić information content (AvgIpc) is 2.98. The molecule has 26 heavy (non-hydrogen) atoms. The van der Waals surface area contributed by atoms with Gasteiger partial charge >= 0.3 is 5.97 Å². The Morgan fingerprint density at radius 2 is 1.73 bits per heavy atom. The lowest BCUT2D eigenvalue weighted by Crippen LogP contribution is -2.49. The molecule has 0 aliphatic carbocycles. The molecule has 0 bridgehead atoms. The van der Waals surface area contributed by atoms with Gasteiger partial charge in [-0.1, -0.05) is 18.2 Å². The summed E-state index contributed by atoms with van der Waals surface area (Å²) in [5, 5.41) is 0. The number of rotatable bonds is 3. The molecule has 2 aromatic rings. The summed E-state index contributed by atoms with van der Waals surface area (Å²) in [4.78, 5) is 28.4. The van der Waals surface area contributed by atoms with Gasteiger partial charge in [0.1, 0.15) is 11.9 Å². The van der Waals surface area contributed by atoms with Crippen LogP contribution in [-0.2, 0) is 9.53 Å². The third kappa shape index (κ3) is 3.14. The Labute approximate surface area is 151 Å². The maximum absolute atomic E-state index is 13.0. The largest absolute Gasteiger partial charge is 0.453 e.